The molecule has 1 N–H and O–H groups in total. The molecular formula is C19H31N3O3. The van der Waals surface area contributed by atoms with E-state index in [1.54, 1.807) is 12.0 Å². The molecule has 1 heterocycles. The number of amides is 2. The number of urea groups is 1. The zero-order valence-electron chi connectivity index (χ0n) is 15.7. The summed E-state index contributed by atoms with van der Waals surface area (Å²) in [5.41, 5.74) is 0.706. The molecule has 6 nitrogen and oxygen atoms in total. The number of methoxy groups -OCH3 is 1. The number of carbonyl (C=O) groups excluding carboxylic acids is 1. The quantitative estimate of drug-likeness (QED) is 0.733. The molecule has 0 radical (unpaired) electrons. The van der Waals surface area contributed by atoms with E-state index >= 15 is 0 Å². The Bertz CT molecular complexity index is 538. The average molecular weight is 349 g/mol. The molecule has 2 amide bonds. The van der Waals surface area contributed by atoms with Crippen LogP contribution in [0.2, 0.25) is 0 Å². The van der Waals surface area contributed by atoms with Crippen LogP contribution in [0.1, 0.15) is 19.3 Å². The van der Waals surface area contributed by atoms with Gasteiger partial charge in [-0.05, 0) is 44.5 Å². The Hall–Kier alpha value is -1.79. The van der Waals surface area contributed by atoms with Crippen molar-refractivity contribution in [2.45, 2.75) is 19.3 Å². The Balaban J connectivity index is 1.86. The number of anilines is 1. The van der Waals surface area contributed by atoms with E-state index in [2.05, 4.69) is 17.3 Å². The Kier molecular flexibility index (Phi) is 8.01. The van der Waals surface area contributed by atoms with Gasteiger partial charge in [-0.15, -0.1) is 0 Å². The van der Waals surface area contributed by atoms with E-state index < -0.39 is 0 Å². The lowest BCUT2D eigenvalue weighted by Crippen LogP contribution is -2.41. The van der Waals surface area contributed by atoms with Gasteiger partial charge in [-0.1, -0.05) is 12.1 Å². The van der Waals surface area contributed by atoms with Crippen molar-refractivity contribution < 1.29 is 14.3 Å². The summed E-state index contributed by atoms with van der Waals surface area (Å²) in [6, 6.07) is 7.45. The van der Waals surface area contributed by atoms with E-state index in [0.29, 0.717) is 30.6 Å². The fourth-order valence-corrected chi connectivity index (χ4v) is 3.18. The number of rotatable bonds is 8. The summed E-state index contributed by atoms with van der Waals surface area (Å²) < 4.78 is 10.8. The van der Waals surface area contributed by atoms with Crippen molar-refractivity contribution in [2.24, 2.45) is 5.92 Å². The molecule has 1 aliphatic heterocycles. The van der Waals surface area contributed by atoms with Crippen LogP contribution >= 0.6 is 0 Å². The number of benzene rings is 1. The van der Waals surface area contributed by atoms with Gasteiger partial charge in [-0.25, -0.2) is 4.79 Å². The van der Waals surface area contributed by atoms with Crippen LogP contribution in [0.25, 0.3) is 0 Å². The van der Waals surface area contributed by atoms with Crippen molar-refractivity contribution in [1.82, 2.24) is 9.80 Å². The monoisotopic (exact) mass is 349 g/mol. The number of piperidine rings is 1. The molecule has 1 aromatic rings. The minimum Gasteiger partial charge on any atom is -0.491 e. The van der Waals surface area contributed by atoms with Crippen molar-refractivity contribution >= 4 is 11.7 Å². The topological polar surface area (TPSA) is 54.0 Å². The Labute approximate surface area is 151 Å². The van der Waals surface area contributed by atoms with Crippen LogP contribution in [-0.4, -0.2) is 69.9 Å². The lowest BCUT2D eigenvalue weighted by molar-refractivity contribution is 0.169. The van der Waals surface area contributed by atoms with Gasteiger partial charge in [0.2, 0.25) is 0 Å². The maximum atomic E-state index is 12.5. The van der Waals surface area contributed by atoms with Gasteiger partial charge in [0.1, 0.15) is 5.75 Å². The van der Waals surface area contributed by atoms with Crippen LogP contribution in [0, 0.1) is 5.92 Å². The summed E-state index contributed by atoms with van der Waals surface area (Å²) >= 11 is 0. The fraction of sp³-hybridized carbons (Fsp3) is 0.632. The molecule has 0 saturated carbocycles. The maximum absolute atomic E-state index is 12.5. The molecule has 140 valence electrons. The van der Waals surface area contributed by atoms with Gasteiger partial charge in [0.25, 0.3) is 0 Å². The standard InChI is InChI=1S/C19H31N3O3/c1-21-11-6-8-16(14-21)15-22(2)19(23)20-17-9-4-5-10-18(17)25-13-7-12-24-3/h4-5,9-10,16H,6-8,11-15H2,1-3H3,(H,20,23)/t16-/m0/s1. The molecule has 0 aliphatic carbocycles. The first-order valence-electron chi connectivity index (χ1n) is 9.01. The number of nitrogens with zero attached hydrogens (tertiary/aromatic N) is 2. The van der Waals surface area contributed by atoms with Crippen LogP contribution < -0.4 is 10.1 Å². The third-order valence-corrected chi connectivity index (χ3v) is 4.48. The predicted molar refractivity (Wildman–Crippen MR) is 100 cm³/mol. The van der Waals surface area contributed by atoms with E-state index in [1.165, 1.54) is 12.8 Å². The molecule has 1 aliphatic rings. The van der Waals surface area contributed by atoms with E-state index in [9.17, 15) is 4.79 Å². The van der Waals surface area contributed by atoms with E-state index in [-0.39, 0.29) is 6.03 Å². The number of para-hydroxylation sites is 2. The number of hydrogen-bond donors (Lipinski definition) is 1. The first-order chi connectivity index (χ1) is 12.1. The first kappa shape index (κ1) is 19.5. The highest BCUT2D eigenvalue weighted by atomic mass is 16.5. The number of hydrogen-bond acceptors (Lipinski definition) is 4. The highest BCUT2D eigenvalue weighted by molar-refractivity contribution is 5.90. The first-order valence-corrected chi connectivity index (χ1v) is 9.01. The number of ether oxygens (including phenoxy) is 2. The van der Waals surface area contributed by atoms with E-state index in [0.717, 1.165) is 26.1 Å². The second kappa shape index (κ2) is 10.3. The second-order valence-corrected chi connectivity index (χ2v) is 6.77. The largest absolute Gasteiger partial charge is 0.491 e. The van der Waals surface area contributed by atoms with Crippen LogP contribution in [-0.2, 0) is 4.74 Å². The third-order valence-electron chi connectivity index (χ3n) is 4.48. The maximum Gasteiger partial charge on any atom is 0.321 e. The smallest absolute Gasteiger partial charge is 0.321 e. The van der Waals surface area contributed by atoms with Crippen molar-refractivity contribution in [3.05, 3.63) is 24.3 Å². The molecule has 2 rings (SSSR count). The molecular weight excluding hydrogens is 318 g/mol. The zero-order chi connectivity index (χ0) is 18.1. The van der Waals surface area contributed by atoms with Crippen molar-refractivity contribution in [2.75, 3.05) is 59.4 Å². The van der Waals surface area contributed by atoms with Crippen LogP contribution in [0.3, 0.4) is 0 Å². The highest BCUT2D eigenvalue weighted by Crippen LogP contribution is 2.24. The highest BCUT2D eigenvalue weighted by Gasteiger charge is 2.21. The summed E-state index contributed by atoms with van der Waals surface area (Å²) in [7, 11) is 5.67. The molecule has 0 unspecified atom stereocenters. The molecule has 0 aromatic heterocycles. The Morgan fingerprint density at radius 1 is 1.36 bits per heavy atom. The van der Waals surface area contributed by atoms with E-state index in [4.69, 9.17) is 9.47 Å². The zero-order valence-corrected chi connectivity index (χ0v) is 15.7. The number of nitrogens with one attached hydrogen (secondary N) is 1. The Morgan fingerprint density at radius 3 is 2.92 bits per heavy atom. The molecule has 0 spiro atoms. The molecule has 0 bridgehead atoms. The van der Waals surface area contributed by atoms with Gasteiger partial charge < -0.3 is 24.6 Å². The van der Waals surface area contributed by atoms with Crippen molar-refractivity contribution in [1.29, 1.82) is 0 Å². The van der Waals surface area contributed by atoms with Gasteiger partial charge in [-0.2, -0.15) is 0 Å². The normalized spacial score (nSPS) is 18.0. The van der Waals surface area contributed by atoms with Gasteiger partial charge in [0.15, 0.2) is 0 Å². The number of carbonyl (C=O) groups is 1. The summed E-state index contributed by atoms with van der Waals surface area (Å²) in [6.45, 7) is 4.20. The van der Waals surface area contributed by atoms with Crippen molar-refractivity contribution in [3.8, 4) is 5.75 Å². The van der Waals surface area contributed by atoms with E-state index in [1.807, 2.05) is 31.3 Å². The van der Waals surface area contributed by atoms with Gasteiger partial charge in [0, 0.05) is 40.3 Å². The summed E-state index contributed by atoms with van der Waals surface area (Å²) in [6.07, 6.45) is 3.20. The van der Waals surface area contributed by atoms with Gasteiger partial charge >= 0.3 is 6.03 Å². The average Bonchev–Trinajstić information content (AvgIpc) is 2.60. The number of likely N-dealkylation sites (tertiary alicyclic amines) is 1. The molecule has 6 heteroatoms. The lowest BCUT2D eigenvalue weighted by Gasteiger charge is -2.32. The molecule has 1 fully saturated rings. The lowest BCUT2D eigenvalue weighted by atomic mass is 9.98. The van der Waals surface area contributed by atoms with Crippen LogP contribution in [0.15, 0.2) is 24.3 Å². The predicted octanol–water partition coefficient (Wildman–Crippen LogP) is 2.91. The minimum absolute atomic E-state index is 0.0961. The van der Waals surface area contributed by atoms with Crippen LogP contribution in [0.4, 0.5) is 10.5 Å². The Morgan fingerprint density at radius 2 is 2.16 bits per heavy atom. The molecule has 1 atom stereocenters. The summed E-state index contributed by atoms with van der Waals surface area (Å²) in [5.74, 6) is 1.23. The fourth-order valence-electron chi connectivity index (χ4n) is 3.18. The molecule has 1 saturated heterocycles. The van der Waals surface area contributed by atoms with Gasteiger partial charge in [0.05, 0.1) is 12.3 Å². The second-order valence-electron chi connectivity index (χ2n) is 6.77. The molecule has 25 heavy (non-hydrogen) atoms. The minimum atomic E-state index is -0.0961. The SMILES string of the molecule is COCCCOc1ccccc1NC(=O)N(C)C[C@H]1CCCN(C)C1. The van der Waals surface area contributed by atoms with Crippen molar-refractivity contribution in [3.63, 3.8) is 0 Å². The third kappa shape index (κ3) is 6.55. The van der Waals surface area contributed by atoms with Crippen LogP contribution in [0.5, 0.6) is 5.75 Å². The molecule has 1 aromatic carbocycles. The summed E-state index contributed by atoms with van der Waals surface area (Å²) in [4.78, 5) is 16.6. The summed E-state index contributed by atoms with van der Waals surface area (Å²) in [5, 5.41) is 2.97. The van der Waals surface area contributed by atoms with Gasteiger partial charge in [-0.3, -0.25) is 0 Å².